The maximum absolute atomic E-state index is 8.91. The second-order valence-electron chi connectivity index (χ2n) is 3.55. The molecule has 2 heterocycles. The molecule has 0 saturated heterocycles. The van der Waals surface area contributed by atoms with Gasteiger partial charge >= 0.3 is 0 Å². The van der Waals surface area contributed by atoms with E-state index in [-0.39, 0.29) is 6.61 Å². The minimum atomic E-state index is -0.139. The zero-order valence-electron chi connectivity index (χ0n) is 9.37. The molecule has 2 N–H and O–H groups in total. The van der Waals surface area contributed by atoms with Crippen molar-refractivity contribution in [1.29, 1.82) is 0 Å². The third-order valence-corrected chi connectivity index (χ3v) is 2.32. The Balaban J connectivity index is 1.86. The number of nitrogens with one attached hydrogen (secondary N) is 1. The first-order chi connectivity index (χ1) is 8.38. The van der Waals surface area contributed by atoms with Gasteiger partial charge in [-0.3, -0.25) is 4.98 Å². The Labute approximate surface area is 99.6 Å². The van der Waals surface area contributed by atoms with Crippen molar-refractivity contribution >= 4 is 5.82 Å². The van der Waals surface area contributed by atoms with E-state index in [2.05, 4.69) is 20.3 Å². The molecule has 0 amide bonds. The third kappa shape index (κ3) is 3.49. The van der Waals surface area contributed by atoms with E-state index in [9.17, 15) is 0 Å². The summed E-state index contributed by atoms with van der Waals surface area (Å²) in [6.45, 7) is 0.645. The largest absolute Gasteiger partial charge is 0.388 e. The number of anilines is 1. The normalized spacial score (nSPS) is 10.2. The lowest BCUT2D eigenvalue weighted by Gasteiger charge is -2.05. The SMILES string of the molecule is OCc1nccc(NCCc2ccncc2)n1. The van der Waals surface area contributed by atoms with Crippen LogP contribution in [0.3, 0.4) is 0 Å². The molecule has 0 bridgehead atoms. The molecule has 0 fully saturated rings. The zero-order chi connectivity index (χ0) is 11.9. The molecule has 0 aliphatic heterocycles. The van der Waals surface area contributed by atoms with Crippen LogP contribution in [0.25, 0.3) is 0 Å². The predicted octanol–water partition coefficient (Wildman–Crippen LogP) is 1.02. The molecule has 0 radical (unpaired) electrons. The van der Waals surface area contributed by atoms with Gasteiger partial charge in [0.15, 0.2) is 5.82 Å². The Morgan fingerprint density at radius 3 is 2.71 bits per heavy atom. The van der Waals surface area contributed by atoms with Gasteiger partial charge in [-0.15, -0.1) is 0 Å². The van der Waals surface area contributed by atoms with Gasteiger partial charge in [-0.05, 0) is 30.2 Å². The van der Waals surface area contributed by atoms with Crippen LogP contribution in [-0.4, -0.2) is 26.6 Å². The van der Waals surface area contributed by atoms with E-state index in [0.29, 0.717) is 5.82 Å². The molecular weight excluding hydrogens is 216 g/mol. The zero-order valence-corrected chi connectivity index (χ0v) is 9.37. The van der Waals surface area contributed by atoms with Gasteiger partial charge in [-0.25, -0.2) is 9.97 Å². The molecule has 0 aromatic carbocycles. The van der Waals surface area contributed by atoms with E-state index in [0.717, 1.165) is 18.8 Å². The Kier molecular flexibility index (Phi) is 3.99. The van der Waals surface area contributed by atoms with Crippen LogP contribution in [0.2, 0.25) is 0 Å². The van der Waals surface area contributed by atoms with E-state index in [4.69, 9.17) is 5.11 Å². The number of aliphatic hydroxyl groups is 1. The fourth-order valence-corrected chi connectivity index (χ4v) is 1.46. The lowest BCUT2D eigenvalue weighted by Crippen LogP contribution is -2.07. The molecule has 0 aliphatic carbocycles. The maximum atomic E-state index is 8.91. The van der Waals surface area contributed by atoms with Crippen molar-refractivity contribution in [3.8, 4) is 0 Å². The molecule has 88 valence electrons. The molecular formula is C12H14N4O. The van der Waals surface area contributed by atoms with Crippen molar-refractivity contribution in [2.24, 2.45) is 0 Å². The Bertz CT molecular complexity index is 461. The smallest absolute Gasteiger partial charge is 0.156 e. The number of rotatable bonds is 5. The highest BCUT2D eigenvalue weighted by molar-refractivity contribution is 5.33. The summed E-state index contributed by atoms with van der Waals surface area (Å²) in [4.78, 5) is 12.0. The number of pyridine rings is 1. The van der Waals surface area contributed by atoms with Crippen molar-refractivity contribution in [2.45, 2.75) is 13.0 Å². The number of nitrogens with zero attached hydrogens (tertiary/aromatic N) is 3. The molecule has 0 saturated carbocycles. The van der Waals surface area contributed by atoms with E-state index in [1.165, 1.54) is 5.56 Å². The van der Waals surface area contributed by atoms with Crippen LogP contribution in [0.1, 0.15) is 11.4 Å². The maximum Gasteiger partial charge on any atom is 0.156 e. The lowest BCUT2D eigenvalue weighted by molar-refractivity contribution is 0.271. The molecule has 2 aromatic rings. The van der Waals surface area contributed by atoms with Crippen LogP contribution in [0, 0.1) is 0 Å². The summed E-state index contributed by atoms with van der Waals surface area (Å²) in [6.07, 6.45) is 6.10. The van der Waals surface area contributed by atoms with Crippen molar-refractivity contribution in [2.75, 3.05) is 11.9 Å². The summed E-state index contributed by atoms with van der Waals surface area (Å²) in [6, 6.07) is 5.76. The van der Waals surface area contributed by atoms with E-state index >= 15 is 0 Å². The summed E-state index contributed by atoms with van der Waals surface area (Å²) >= 11 is 0. The topological polar surface area (TPSA) is 70.9 Å². The molecule has 0 aliphatic rings. The average molecular weight is 230 g/mol. The van der Waals surface area contributed by atoms with E-state index < -0.39 is 0 Å². The highest BCUT2D eigenvalue weighted by Crippen LogP contribution is 2.03. The van der Waals surface area contributed by atoms with Crippen molar-refractivity contribution in [3.05, 3.63) is 48.2 Å². The monoisotopic (exact) mass is 230 g/mol. The van der Waals surface area contributed by atoms with Gasteiger partial charge in [0, 0.05) is 25.1 Å². The van der Waals surface area contributed by atoms with Crippen LogP contribution in [0.5, 0.6) is 0 Å². The molecule has 5 heteroatoms. The van der Waals surface area contributed by atoms with Gasteiger partial charge in [0.1, 0.15) is 12.4 Å². The highest BCUT2D eigenvalue weighted by atomic mass is 16.3. The summed E-state index contributed by atoms with van der Waals surface area (Å²) < 4.78 is 0. The van der Waals surface area contributed by atoms with Gasteiger partial charge in [0.25, 0.3) is 0 Å². The van der Waals surface area contributed by atoms with Crippen molar-refractivity contribution in [1.82, 2.24) is 15.0 Å². The van der Waals surface area contributed by atoms with Crippen molar-refractivity contribution < 1.29 is 5.11 Å². The van der Waals surface area contributed by atoms with E-state index in [1.54, 1.807) is 24.7 Å². The first-order valence-corrected chi connectivity index (χ1v) is 5.44. The fraction of sp³-hybridized carbons (Fsp3) is 0.250. The molecule has 0 spiro atoms. The van der Waals surface area contributed by atoms with Gasteiger partial charge in [-0.1, -0.05) is 0 Å². The highest BCUT2D eigenvalue weighted by Gasteiger charge is 1.97. The number of aliphatic hydroxyl groups excluding tert-OH is 1. The van der Waals surface area contributed by atoms with Crippen LogP contribution in [0.4, 0.5) is 5.82 Å². The van der Waals surface area contributed by atoms with Gasteiger partial charge < -0.3 is 10.4 Å². The minimum Gasteiger partial charge on any atom is -0.388 e. The quantitative estimate of drug-likeness (QED) is 0.802. The Morgan fingerprint density at radius 2 is 1.94 bits per heavy atom. The number of hydrogen-bond donors (Lipinski definition) is 2. The molecule has 0 unspecified atom stereocenters. The number of hydrogen-bond acceptors (Lipinski definition) is 5. The van der Waals surface area contributed by atoms with E-state index in [1.807, 2.05) is 12.1 Å². The summed E-state index contributed by atoms with van der Waals surface area (Å²) in [5, 5.41) is 12.1. The van der Waals surface area contributed by atoms with Gasteiger partial charge in [0.2, 0.25) is 0 Å². The Morgan fingerprint density at radius 1 is 1.12 bits per heavy atom. The molecule has 5 nitrogen and oxygen atoms in total. The summed E-state index contributed by atoms with van der Waals surface area (Å²) in [5.41, 5.74) is 1.23. The molecule has 0 atom stereocenters. The second kappa shape index (κ2) is 5.91. The van der Waals surface area contributed by atoms with Gasteiger partial charge in [-0.2, -0.15) is 0 Å². The molecule has 2 rings (SSSR count). The first-order valence-electron chi connectivity index (χ1n) is 5.44. The van der Waals surface area contributed by atoms with Crippen LogP contribution < -0.4 is 5.32 Å². The Hall–Kier alpha value is -2.01. The third-order valence-electron chi connectivity index (χ3n) is 2.32. The van der Waals surface area contributed by atoms with Crippen LogP contribution >= 0.6 is 0 Å². The average Bonchev–Trinajstić information content (AvgIpc) is 2.40. The number of aromatic nitrogens is 3. The molecule has 2 aromatic heterocycles. The fourth-order valence-electron chi connectivity index (χ4n) is 1.46. The minimum absolute atomic E-state index is 0.139. The molecule has 17 heavy (non-hydrogen) atoms. The van der Waals surface area contributed by atoms with Crippen molar-refractivity contribution in [3.63, 3.8) is 0 Å². The second-order valence-corrected chi connectivity index (χ2v) is 3.55. The predicted molar refractivity (Wildman–Crippen MR) is 64.4 cm³/mol. The standard InChI is InChI=1S/C12H14N4O/c17-9-12-15-8-4-11(16-12)14-7-3-10-1-5-13-6-2-10/h1-2,4-6,8,17H,3,7,9H2,(H,14,15,16). The lowest BCUT2D eigenvalue weighted by atomic mass is 10.2. The summed E-state index contributed by atoms with van der Waals surface area (Å²) in [5.74, 6) is 1.16. The summed E-state index contributed by atoms with van der Waals surface area (Å²) in [7, 11) is 0. The van der Waals surface area contributed by atoms with Gasteiger partial charge in [0.05, 0.1) is 0 Å². The first kappa shape index (κ1) is 11.5. The van der Waals surface area contributed by atoms with Crippen LogP contribution in [0.15, 0.2) is 36.8 Å². The van der Waals surface area contributed by atoms with Crippen LogP contribution in [-0.2, 0) is 13.0 Å².